The van der Waals surface area contributed by atoms with Crippen LogP contribution >= 0.6 is 11.5 Å². The fraction of sp³-hybridized carbons (Fsp3) is 0.700. The number of nitrogens with zero attached hydrogens (tertiary/aromatic N) is 3. The van der Waals surface area contributed by atoms with Crippen LogP contribution in [0.2, 0.25) is 0 Å². The highest BCUT2D eigenvalue weighted by Crippen LogP contribution is 2.17. The summed E-state index contributed by atoms with van der Waals surface area (Å²) < 4.78 is 4.13. The van der Waals surface area contributed by atoms with Gasteiger partial charge in [0.15, 0.2) is 0 Å². The lowest BCUT2D eigenvalue weighted by Crippen LogP contribution is -2.42. The molecule has 3 N–H and O–H groups in total. The van der Waals surface area contributed by atoms with Gasteiger partial charge in [0.1, 0.15) is 5.82 Å². The minimum atomic E-state index is -0.254. The van der Waals surface area contributed by atoms with E-state index in [9.17, 15) is 4.79 Å². The number of hydrogen-bond acceptors (Lipinski definition) is 6. The normalized spacial score (nSPS) is 18.2. The first kappa shape index (κ1) is 12.3. The summed E-state index contributed by atoms with van der Waals surface area (Å²) in [7, 11) is 0. The van der Waals surface area contributed by atoms with E-state index in [1.807, 2.05) is 6.92 Å². The third-order valence-corrected chi connectivity index (χ3v) is 3.56. The molecule has 1 saturated heterocycles. The zero-order valence-corrected chi connectivity index (χ0v) is 10.7. The second-order valence-corrected chi connectivity index (χ2v) is 5.06. The van der Waals surface area contributed by atoms with Crippen LogP contribution in [0.5, 0.6) is 0 Å². The lowest BCUT2D eigenvalue weighted by Gasteiger charge is -2.31. The molecule has 0 saturated carbocycles. The van der Waals surface area contributed by atoms with E-state index in [1.165, 1.54) is 11.5 Å². The summed E-state index contributed by atoms with van der Waals surface area (Å²) in [4.78, 5) is 17.2. The summed E-state index contributed by atoms with van der Waals surface area (Å²) in [5.41, 5.74) is 5.17. The number of amides is 1. The summed E-state index contributed by atoms with van der Waals surface area (Å²) in [5.74, 6) is 0.555. The first-order valence-electron chi connectivity index (χ1n) is 5.71. The molecule has 0 aliphatic carbocycles. The van der Waals surface area contributed by atoms with Crippen LogP contribution in [0.25, 0.3) is 0 Å². The topological polar surface area (TPSA) is 84.1 Å². The predicted octanol–water partition coefficient (Wildman–Crippen LogP) is 0.208. The van der Waals surface area contributed by atoms with Crippen LogP contribution in [0.15, 0.2) is 0 Å². The van der Waals surface area contributed by atoms with Crippen LogP contribution in [0.3, 0.4) is 0 Å². The van der Waals surface area contributed by atoms with E-state index in [-0.39, 0.29) is 5.91 Å². The maximum atomic E-state index is 10.8. The van der Waals surface area contributed by atoms with Crippen molar-refractivity contribution in [1.82, 2.24) is 14.3 Å². The summed E-state index contributed by atoms with van der Waals surface area (Å²) in [6.45, 7) is 4.05. The number of aromatic nitrogens is 2. The number of primary amides is 1. The number of piperidine rings is 1. The van der Waals surface area contributed by atoms with Gasteiger partial charge < -0.3 is 11.1 Å². The third-order valence-electron chi connectivity index (χ3n) is 2.82. The Morgan fingerprint density at radius 2 is 2.29 bits per heavy atom. The van der Waals surface area contributed by atoms with Gasteiger partial charge in [0.2, 0.25) is 11.0 Å². The summed E-state index contributed by atoms with van der Waals surface area (Å²) in [5, 5.41) is 4.26. The largest absolute Gasteiger partial charge is 0.369 e. The predicted molar refractivity (Wildman–Crippen MR) is 66.9 cm³/mol. The fourth-order valence-electron chi connectivity index (χ4n) is 1.99. The minimum Gasteiger partial charge on any atom is -0.369 e. The molecule has 2 rings (SSSR count). The molecule has 7 heteroatoms. The van der Waals surface area contributed by atoms with E-state index in [0.29, 0.717) is 12.6 Å². The Labute approximate surface area is 104 Å². The number of carbonyl (C=O) groups excluding carboxylic acids is 1. The molecule has 1 amide bonds. The molecule has 6 nitrogen and oxygen atoms in total. The number of likely N-dealkylation sites (tertiary alicyclic amines) is 1. The molecular formula is C10H17N5OS. The Hall–Kier alpha value is -1.21. The average Bonchev–Trinajstić information content (AvgIpc) is 2.66. The van der Waals surface area contributed by atoms with Gasteiger partial charge in [-0.2, -0.15) is 4.37 Å². The molecule has 0 aromatic carbocycles. The van der Waals surface area contributed by atoms with E-state index < -0.39 is 0 Å². The summed E-state index contributed by atoms with van der Waals surface area (Å²) >= 11 is 1.39. The number of carbonyl (C=O) groups is 1. The third kappa shape index (κ3) is 3.64. The highest BCUT2D eigenvalue weighted by Gasteiger charge is 2.20. The minimum absolute atomic E-state index is 0.254. The zero-order valence-electron chi connectivity index (χ0n) is 9.85. The van der Waals surface area contributed by atoms with Crippen LogP contribution in [0.4, 0.5) is 5.13 Å². The quantitative estimate of drug-likeness (QED) is 0.803. The van der Waals surface area contributed by atoms with Crippen molar-refractivity contribution in [3.63, 3.8) is 0 Å². The van der Waals surface area contributed by atoms with Gasteiger partial charge in [-0.1, -0.05) is 0 Å². The lowest BCUT2D eigenvalue weighted by molar-refractivity contribution is -0.119. The maximum absolute atomic E-state index is 10.8. The van der Waals surface area contributed by atoms with E-state index in [0.717, 1.165) is 36.9 Å². The van der Waals surface area contributed by atoms with Crippen molar-refractivity contribution in [3.8, 4) is 0 Å². The molecule has 1 aliphatic heterocycles. The van der Waals surface area contributed by atoms with Gasteiger partial charge in [-0.15, -0.1) is 0 Å². The van der Waals surface area contributed by atoms with E-state index >= 15 is 0 Å². The number of rotatable bonds is 4. The molecule has 2 heterocycles. The molecule has 1 fully saturated rings. The van der Waals surface area contributed by atoms with E-state index in [4.69, 9.17) is 5.73 Å². The molecule has 0 unspecified atom stereocenters. The summed E-state index contributed by atoms with van der Waals surface area (Å²) in [6, 6.07) is 0.423. The van der Waals surface area contributed by atoms with Crippen molar-refractivity contribution in [2.75, 3.05) is 25.0 Å². The number of aryl methyl sites for hydroxylation is 1. The lowest BCUT2D eigenvalue weighted by atomic mass is 10.1. The smallest absolute Gasteiger partial charge is 0.231 e. The molecule has 1 aromatic rings. The van der Waals surface area contributed by atoms with E-state index in [2.05, 4.69) is 19.6 Å². The zero-order chi connectivity index (χ0) is 12.3. The molecule has 0 atom stereocenters. The van der Waals surface area contributed by atoms with Crippen molar-refractivity contribution in [2.45, 2.75) is 25.8 Å². The van der Waals surface area contributed by atoms with E-state index in [1.54, 1.807) is 0 Å². The van der Waals surface area contributed by atoms with Crippen LogP contribution in [-0.2, 0) is 4.79 Å². The van der Waals surface area contributed by atoms with Crippen molar-refractivity contribution in [2.24, 2.45) is 5.73 Å². The SMILES string of the molecule is Cc1nsc(NC2CCN(CC(N)=O)CC2)n1. The van der Waals surface area contributed by atoms with Gasteiger partial charge in [0, 0.05) is 30.7 Å². The van der Waals surface area contributed by atoms with Gasteiger partial charge in [0.05, 0.1) is 6.54 Å². The molecule has 0 spiro atoms. The molecule has 1 aliphatic rings. The second kappa shape index (κ2) is 5.42. The Morgan fingerprint density at radius 1 is 1.59 bits per heavy atom. The molecule has 0 bridgehead atoms. The Bertz CT molecular complexity index is 386. The standard InChI is InChI=1S/C10H17N5OS/c1-7-12-10(17-14-7)13-8-2-4-15(5-3-8)6-9(11)16/h8H,2-6H2,1H3,(H2,11,16)(H,12,13,14). The van der Waals surface area contributed by atoms with Crippen molar-refractivity contribution >= 4 is 22.6 Å². The Balaban J connectivity index is 1.77. The molecule has 1 aromatic heterocycles. The van der Waals surface area contributed by atoms with Crippen molar-refractivity contribution in [1.29, 1.82) is 0 Å². The molecule has 0 radical (unpaired) electrons. The van der Waals surface area contributed by atoms with Crippen LogP contribution in [0, 0.1) is 6.92 Å². The van der Waals surface area contributed by atoms with Crippen LogP contribution in [0.1, 0.15) is 18.7 Å². The van der Waals surface area contributed by atoms with Crippen molar-refractivity contribution < 1.29 is 4.79 Å². The number of hydrogen-bond donors (Lipinski definition) is 2. The van der Waals surface area contributed by atoms with Crippen LogP contribution < -0.4 is 11.1 Å². The molecule has 17 heavy (non-hydrogen) atoms. The highest BCUT2D eigenvalue weighted by molar-refractivity contribution is 7.09. The van der Waals surface area contributed by atoms with Crippen LogP contribution in [-0.4, -0.2) is 45.8 Å². The fourth-order valence-corrected chi connectivity index (χ4v) is 2.64. The number of anilines is 1. The number of nitrogens with two attached hydrogens (primary N) is 1. The Kier molecular flexibility index (Phi) is 3.90. The Morgan fingerprint density at radius 3 is 2.82 bits per heavy atom. The molecular weight excluding hydrogens is 238 g/mol. The maximum Gasteiger partial charge on any atom is 0.231 e. The van der Waals surface area contributed by atoms with Crippen molar-refractivity contribution in [3.05, 3.63) is 5.82 Å². The highest BCUT2D eigenvalue weighted by atomic mass is 32.1. The van der Waals surface area contributed by atoms with Gasteiger partial charge in [-0.25, -0.2) is 4.98 Å². The van der Waals surface area contributed by atoms with Gasteiger partial charge in [-0.3, -0.25) is 9.69 Å². The average molecular weight is 255 g/mol. The summed E-state index contributed by atoms with van der Waals surface area (Å²) in [6.07, 6.45) is 2.01. The first-order valence-corrected chi connectivity index (χ1v) is 6.48. The molecule has 94 valence electrons. The monoisotopic (exact) mass is 255 g/mol. The second-order valence-electron chi connectivity index (χ2n) is 4.31. The van der Waals surface area contributed by atoms with Gasteiger partial charge in [-0.05, 0) is 19.8 Å². The number of nitrogens with one attached hydrogen (secondary N) is 1. The van der Waals surface area contributed by atoms with Gasteiger partial charge >= 0.3 is 0 Å². The van der Waals surface area contributed by atoms with Gasteiger partial charge in [0.25, 0.3) is 0 Å². The first-order chi connectivity index (χ1) is 8.13.